The number of carboxylic acids is 2. The van der Waals surface area contributed by atoms with Gasteiger partial charge in [-0.15, -0.1) is 0 Å². The second kappa shape index (κ2) is 25.4. The molecule has 0 fully saturated rings. The number of aliphatic imine (C=N–C) groups is 1. The number of aliphatic hydroxyl groups is 1. The molecule has 0 aliphatic carbocycles. The summed E-state index contributed by atoms with van der Waals surface area (Å²) in [6.45, 7) is 0.385. The Morgan fingerprint density at radius 1 is 0.639 bits per heavy atom. The molecule has 0 aromatic carbocycles. The van der Waals surface area contributed by atoms with Crippen LogP contribution in [0.15, 0.2) is 30.0 Å². The lowest BCUT2D eigenvalue weighted by molar-refractivity contribution is -0.142. The number of nitrogens with zero attached hydrogens (tertiary/aromatic N) is 3. The Kier molecular flexibility index (Phi) is 20.8. The molecule has 0 unspecified atom stereocenters. The molecule has 2 aromatic heterocycles. The number of rotatable bonds is 28. The Labute approximate surface area is 347 Å². The molecule has 0 aliphatic rings. The summed E-state index contributed by atoms with van der Waals surface area (Å²) in [6.07, 6.45) is 2.70. The van der Waals surface area contributed by atoms with Crippen molar-refractivity contribution in [2.24, 2.45) is 27.9 Å². The molecule has 2 rings (SSSR count). The smallest absolute Gasteiger partial charge is 0.326 e. The zero-order valence-corrected chi connectivity index (χ0v) is 33.1. The minimum Gasteiger partial charge on any atom is -0.481 e. The fourth-order valence-electron chi connectivity index (χ4n) is 5.37. The van der Waals surface area contributed by atoms with E-state index in [0.717, 1.165) is 0 Å². The van der Waals surface area contributed by atoms with E-state index in [4.69, 9.17) is 22.9 Å². The average Bonchev–Trinajstić information content (AvgIpc) is 3.91. The highest BCUT2D eigenvalue weighted by molar-refractivity contribution is 5.97. The first kappa shape index (κ1) is 50.0. The Bertz CT molecular complexity index is 1830. The standard InChI is InChI=1S/C34H53N15O12/c1-16(35)27(54)44-19(3-2-8-41-34(37)38)28(55)49-24(13-50)32(59)46-21(5-7-26(52)53)29(56)45-20(4-6-25(36)51)30(57)47-22(9-17-11-39-14-42-17)31(58)48-23(33(60)61)10-18-12-40-15-43-18/h11-12,14-16,19-24,50H,2-10,13,35H2,1H3,(H2,36,51)(H,39,42)(H,40,43)(H,44,54)(H,45,56)(H,46,59)(H,47,57)(H,48,58)(H,49,55)(H,52,53)(H,60,61)(H4,37,38,41)/t16-,19-,20-,21-,22-,23-,24-/m0/s1. The number of H-pyrrole nitrogens is 2. The highest BCUT2D eigenvalue weighted by Crippen LogP contribution is 2.08. The molecular formula is C34H53N15O12. The highest BCUT2D eigenvalue weighted by Gasteiger charge is 2.34. The van der Waals surface area contributed by atoms with Crippen LogP contribution in [-0.2, 0) is 56.0 Å². The minimum absolute atomic E-state index is 0.0467. The van der Waals surface area contributed by atoms with Gasteiger partial charge in [0.05, 0.1) is 25.3 Å². The number of aliphatic carboxylic acids is 2. The largest absolute Gasteiger partial charge is 0.481 e. The number of carbonyl (C=O) groups is 9. The van der Waals surface area contributed by atoms with Gasteiger partial charge < -0.3 is 80.1 Å². The van der Waals surface area contributed by atoms with Crippen molar-refractivity contribution in [2.75, 3.05) is 13.2 Å². The Balaban J connectivity index is 2.32. The van der Waals surface area contributed by atoms with Crippen LogP contribution in [0.3, 0.4) is 0 Å². The van der Waals surface area contributed by atoms with Crippen LogP contribution in [0, 0.1) is 0 Å². The van der Waals surface area contributed by atoms with Gasteiger partial charge in [-0.05, 0) is 32.6 Å². The molecule has 2 heterocycles. The van der Waals surface area contributed by atoms with Crippen LogP contribution in [0.25, 0.3) is 0 Å². The van der Waals surface area contributed by atoms with Crippen molar-refractivity contribution in [1.82, 2.24) is 51.8 Å². The molecule has 27 nitrogen and oxygen atoms in total. The third-order valence-electron chi connectivity index (χ3n) is 8.60. The van der Waals surface area contributed by atoms with Crippen LogP contribution in [0.2, 0.25) is 0 Å². The van der Waals surface area contributed by atoms with Gasteiger partial charge in [-0.3, -0.25) is 43.3 Å². The number of guanidine groups is 1. The third-order valence-corrected chi connectivity index (χ3v) is 8.60. The van der Waals surface area contributed by atoms with Crippen molar-refractivity contribution in [3.05, 3.63) is 36.4 Å². The summed E-state index contributed by atoms with van der Waals surface area (Å²) in [5, 5.41) is 43.2. The lowest BCUT2D eigenvalue weighted by Crippen LogP contribution is -2.60. The molecule has 0 aliphatic heterocycles. The maximum atomic E-state index is 13.8. The second-order valence-corrected chi connectivity index (χ2v) is 13.6. The van der Waals surface area contributed by atoms with Gasteiger partial charge in [0.1, 0.15) is 36.3 Å². The summed E-state index contributed by atoms with van der Waals surface area (Å²) < 4.78 is 0. The molecule has 61 heavy (non-hydrogen) atoms. The molecule has 7 amide bonds. The van der Waals surface area contributed by atoms with E-state index in [1.165, 1.54) is 32.0 Å². The van der Waals surface area contributed by atoms with E-state index < -0.39 is 128 Å². The highest BCUT2D eigenvalue weighted by atomic mass is 16.4. The van der Waals surface area contributed by atoms with Crippen LogP contribution in [0.1, 0.15) is 56.8 Å². The van der Waals surface area contributed by atoms with Crippen molar-refractivity contribution in [3.63, 3.8) is 0 Å². The van der Waals surface area contributed by atoms with E-state index in [9.17, 15) is 58.5 Å². The number of aliphatic hydroxyl groups excluding tert-OH is 1. The number of aromatic amines is 2. The summed E-state index contributed by atoms with van der Waals surface area (Å²) in [5.41, 5.74) is 22.3. The van der Waals surface area contributed by atoms with E-state index in [-0.39, 0.29) is 38.2 Å². The number of hydrogen-bond donors (Lipinski definition) is 15. The summed E-state index contributed by atoms with van der Waals surface area (Å²) in [4.78, 5) is 132. The molecule has 0 bridgehead atoms. The summed E-state index contributed by atoms with van der Waals surface area (Å²) in [5.74, 6) is -9.98. The maximum Gasteiger partial charge on any atom is 0.326 e. The minimum atomic E-state index is -1.77. The molecular weight excluding hydrogens is 810 g/mol. The number of amides is 7. The fourth-order valence-corrected chi connectivity index (χ4v) is 5.37. The van der Waals surface area contributed by atoms with Gasteiger partial charge in [-0.1, -0.05) is 0 Å². The van der Waals surface area contributed by atoms with Crippen LogP contribution in [-0.4, -0.2) is 150 Å². The maximum absolute atomic E-state index is 13.8. The van der Waals surface area contributed by atoms with Crippen molar-refractivity contribution in [1.29, 1.82) is 0 Å². The van der Waals surface area contributed by atoms with Gasteiger partial charge in [-0.2, -0.15) is 0 Å². The predicted molar refractivity (Wildman–Crippen MR) is 210 cm³/mol. The molecule has 0 spiro atoms. The van der Waals surface area contributed by atoms with Crippen molar-refractivity contribution < 1.29 is 58.5 Å². The first-order valence-electron chi connectivity index (χ1n) is 18.7. The lowest BCUT2D eigenvalue weighted by atomic mass is 10.0. The van der Waals surface area contributed by atoms with Crippen molar-refractivity contribution in [2.45, 2.75) is 101 Å². The number of carbonyl (C=O) groups excluding carboxylic acids is 7. The number of aromatic nitrogens is 4. The molecule has 336 valence electrons. The topological polar surface area (TPSA) is 460 Å². The Morgan fingerprint density at radius 2 is 1.07 bits per heavy atom. The molecule has 0 saturated carbocycles. The quantitative estimate of drug-likeness (QED) is 0.0215. The molecule has 19 N–H and O–H groups in total. The number of primary amides is 1. The number of hydrogen-bond acceptors (Lipinski definition) is 14. The fraction of sp³-hybridized carbons (Fsp3) is 0.529. The van der Waals surface area contributed by atoms with Crippen LogP contribution < -0.4 is 54.8 Å². The van der Waals surface area contributed by atoms with Crippen molar-refractivity contribution in [3.8, 4) is 0 Å². The van der Waals surface area contributed by atoms with Crippen LogP contribution in [0.5, 0.6) is 0 Å². The third kappa shape index (κ3) is 18.5. The van der Waals surface area contributed by atoms with Gasteiger partial charge in [-0.25, -0.2) is 14.8 Å². The zero-order chi connectivity index (χ0) is 45.6. The zero-order valence-electron chi connectivity index (χ0n) is 33.1. The van der Waals surface area contributed by atoms with E-state index in [0.29, 0.717) is 11.4 Å². The Hall–Kier alpha value is -7.16. The summed E-state index contributed by atoms with van der Waals surface area (Å²) in [7, 11) is 0. The Morgan fingerprint density at radius 3 is 1.51 bits per heavy atom. The molecule has 7 atom stereocenters. The predicted octanol–water partition coefficient (Wildman–Crippen LogP) is -6.57. The normalized spacial score (nSPS) is 14.3. The molecule has 27 heteroatoms. The van der Waals surface area contributed by atoms with E-state index in [2.05, 4.69) is 56.8 Å². The first-order chi connectivity index (χ1) is 28.8. The number of imidazole rings is 2. The van der Waals surface area contributed by atoms with Crippen LogP contribution in [0.4, 0.5) is 0 Å². The van der Waals surface area contributed by atoms with Gasteiger partial charge in [0, 0.05) is 56.0 Å². The molecule has 2 aromatic rings. The number of nitrogens with two attached hydrogens (primary N) is 4. The van der Waals surface area contributed by atoms with Gasteiger partial charge >= 0.3 is 11.9 Å². The molecule has 0 radical (unpaired) electrons. The number of carboxylic acid groups (broad SMARTS) is 2. The monoisotopic (exact) mass is 863 g/mol. The SMILES string of the molecule is C[C@H](N)C(=O)N[C@@H](CCCN=C(N)N)C(=O)N[C@@H](CO)C(=O)N[C@@H](CCC(=O)O)C(=O)N[C@@H](CCC(N)=O)C(=O)N[C@@H](Cc1cnc[nH]1)C(=O)N[C@@H](Cc1cnc[nH]1)C(=O)O. The van der Waals surface area contributed by atoms with Crippen molar-refractivity contribution >= 4 is 59.2 Å². The van der Waals surface area contributed by atoms with E-state index in [1.807, 2.05) is 0 Å². The number of nitrogens with one attached hydrogen (secondary N) is 8. The average molecular weight is 864 g/mol. The molecule has 0 saturated heterocycles. The van der Waals surface area contributed by atoms with E-state index >= 15 is 0 Å². The van der Waals surface area contributed by atoms with Gasteiger partial charge in [0.15, 0.2) is 5.96 Å². The van der Waals surface area contributed by atoms with Gasteiger partial charge in [0.2, 0.25) is 41.4 Å². The van der Waals surface area contributed by atoms with E-state index in [1.54, 1.807) is 0 Å². The van der Waals surface area contributed by atoms with Gasteiger partial charge in [0.25, 0.3) is 0 Å². The lowest BCUT2D eigenvalue weighted by Gasteiger charge is -2.27. The van der Waals surface area contributed by atoms with Crippen LogP contribution >= 0.6 is 0 Å². The second-order valence-electron chi connectivity index (χ2n) is 13.6. The summed E-state index contributed by atoms with van der Waals surface area (Å²) >= 11 is 0. The first-order valence-corrected chi connectivity index (χ1v) is 18.7. The summed E-state index contributed by atoms with van der Waals surface area (Å²) in [6, 6.07) is -10.5.